The number of hydrogen-bond acceptors (Lipinski definition) is 5. The lowest BCUT2D eigenvalue weighted by atomic mass is 10.1. The minimum absolute atomic E-state index is 0.0201. The Bertz CT molecular complexity index is 980. The van der Waals surface area contributed by atoms with E-state index >= 15 is 0 Å². The van der Waals surface area contributed by atoms with Crippen LogP contribution in [-0.4, -0.2) is 27.8 Å². The smallest absolute Gasteiger partial charge is 0.263 e. The molecule has 0 aliphatic rings. The topological polar surface area (TPSA) is 66.3 Å². The third kappa shape index (κ3) is 4.04. The molecule has 0 fully saturated rings. The largest absolute Gasteiger partial charge is 0.507 e. The zero-order valence-electron chi connectivity index (χ0n) is 16.1. The Labute approximate surface area is 167 Å². The zero-order valence-corrected chi connectivity index (χ0v) is 16.9. The van der Waals surface area contributed by atoms with Crippen molar-refractivity contribution in [2.45, 2.75) is 33.6 Å². The van der Waals surface area contributed by atoms with Crippen LogP contribution in [0.1, 0.15) is 41.3 Å². The molecule has 0 aliphatic carbocycles. The lowest BCUT2D eigenvalue weighted by molar-refractivity contribution is 0.0982. The van der Waals surface area contributed by atoms with Gasteiger partial charge < -0.3 is 5.11 Å². The number of carbonyl (C=O) groups excluding carboxylic acids is 1. The van der Waals surface area contributed by atoms with Crippen LogP contribution in [0.4, 0.5) is 9.52 Å². The molecule has 1 N–H and O–H groups in total. The highest BCUT2D eigenvalue weighted by atomic mass is 32.1. The first-order valence-corrected chi connectivity index (χ1v) is 9.94. The number of aromatic hydroxyl groups is 1. The van der Waals surface area contributed by atoms with E-state index in [9.17, 15) is 14.3 Å². The molecule has 7 heteroatoms. The van der Waals surface area contributed by atoms with Gasteiger partial charge in [0, 0.05) is 12.1 Å². The van der Waals surface area contributed by atoms with Crippen LogP contribution >= 0.6 is 11.3 Å². The van der Waals surface area contributed by atoms with E-state index in [1.165, 1.54) is 28.4 Å². The lowest BCUT2D eigenvalue weighted by Gasteiger charge is -2.19. The fraction of sp³-hybridized carbons (Fsp3) is 0.286. The number of amides is 1. The molecule has 0 bridgehead atoms. The Hall–Kier alpha value is -2.80. The summed E-state index contributed by atoms with van der Waals surface area (Å²) in [5, 5.41) is 19.5. The second kappa shape index (κ2) is 8.48. The van der Waals surface area contributed by atoms with Crippen LogP contribution < -0.4 is 4.90 Å². The molecule has 28 heavy (non-hydrogen) atoms. The van der Waals surface area contributed by atoms with E-state index in [4.69, 9.17) is 0 Å². The van der Waals surface area contributed by atoms with Crippen molar-refractivity contribution in [3.05, 3.63) is 58.9 Å². The van der Waals surface area contributed by atoms with Gasteiger partial charge in [-0.05, 0) is 55.7 Å². The number of aromatic nitrogens is 2. The predicted molar refractivity (Wildman–Crippen MR) is 109 cm³/mol. The van der Waals surface area contributed by atoms with Gasteiger partial charge in [-0.2, -0.15) is 0 Å². The van der Waals surface area contributed by atoms with Crippen LogP contribution in [0.2, 0.25) is 0 Å². The molecule has 0 saturated heterocycles. The van der Waals surface area contributed by atoms with Gasteiger partial charge in [-0.3, -0.25) is 9.69 Å². The Morgan fingerprint density at radius 1 is 1.18 bits per heavy atom. The van der Waals surface area contributed by atoms with Crippen LogP contribution in [0, 0.1) is 19.7 Å². The maximum Gasteiger partial charge on any atom is 0.263 e. The molecule has 0 atom stereocenters. The van der Waals surface area contributed by atoms with Gasteiger partial charge in [0.05, 0.1) is 5.56 Å². The van der Waals surface area contributed by atoms with Crippen molar-refractivity contribution in [2.24, 2.45) is 0 Å². The molecule has 1 amide bonds. The van der Waals surface area contributed by atoms with Gasteiger partial charge in [-0.1, -0.05) is 36.8 Å². The first kappa shape index (κ1) is 19.9. The summed E-state index contributed by atoms with van der Waals surface area (Å²) in [4.78, 5) is 14.5. The summed E-state index contributed by atoms with van der Waals surface area (Å²) in [5.74, 6) is -0.719. The average molecular weight is 399 g/mol. The van der Waals surface area contributed by atoms with Crippen molar-refractivity contribution in [1.82, 2.24) is 10.2 Å². The molecule has 0 unspecified atom stereocenters. The van der Waals surface area contributed by atoms with E-state index in [0.29, 0.717) is 16.7 Å². The van der Waals surface area contributed by atoms with E-state index in [-0.39, 0.29) is 11.3 Å². The van der Waals surface area contributed by atoms with Gasteiger partial charge in [-0.15, -0.1) is 10.2 Å². The molecule has 0 spiro atoms. The van der Waals surface area contributed by atoms with Crippen molar-refractivity contribution in [3.63, 3.8) is 0 Å². The van der Waals surface area contributed by atoms with Gasteiger partial charge in [0.15, 0.2) is 0 Å². The van der Waals surface area contributed by atoms with E-state index in [0.717, 1.165) is 29.5 Å². The highest BCUT2D eigenvalue weighted by molar-refractivity contribution is 7.18. The molecule has 3 rings (SSSR count). The fourth-order valence-electron chi connectivity index (χ4n) is 2.90. The number of rotatable bonds is 6. The number of phenolic OH excluding ortho intramolecular Hbond substituents is 1. The van der Waals surface area contributed by atoms with Crippen LogP contribution in [0.25, 0.3) is 10.6 Å². The molecule has 5 nitrogen and oxygen atoms in total. The first-order valence-electron chi connectivity index (χ1n) is 9.12. The van der Waals surface area contributed by atoms with Gasteiger partial charge >= 0.3 is 0 Å². The normalized spacial score (nSPS) is 10.9. The first-order chi connectivity index (χ1) is 13.4. The van der Waals surface area contributed by atoms with Gasteiger partial charge in [0.25, 0.3) is 5.91 Å². The summed E-state index contributed by atoms with van der Waals surface area (Å²) in [6, 6.07) is 9.62. The Kier molecular flexibility index (Phi) is 6.04. The maximum atomic E-state index is 14.1. The minimum atomic E-state index is -0.552. The lowest BCUT2D eigenvalue weighted by Crippen LogP contribution is -2.32. The average Bonchev–Trinajstić information content (AvgIpc) is 3.16. The third-order valence-corrected chi connectivity index (χ3v) is 5.46. The number of halogens is 1. The van der Waals surface area contributed by atoms with Crippen LogP contribution in [0.3, 0.4) is 0 Å². The second-order valence-electron chi connectivity index (χ2n) is 6.64. The molecule has 2 aromatic carbocycles. The number of nitrogens with zero attached hydrogens (tertiary/aromatic N) is 3. The van der Waals surface area contributed by atoms with E-state index < -0.39 is 11.7 Å². The minimum Gasteiger partial charge on any atom is -0.507 e. The van der Waals surface area contributed by atoms with E-state index in [1.54, 1.807) is 12.1 Å². The number of benzene rings is 2. The third-order valence-electron chi connectivity index (χ3n) is 4.47. The molecule has 0 aliphatic heterocycles. The Morgan fingerprint density at radius 2 is 1.86 bits per heavy atom. The summed E-state index contributed by atoms with van der Waals surface area (Å²) < 4.78 is 14.1. The van der Waals surface area contributed by atoms with E-state index in [1.807, 2.05) is 32.9 Å². The second-order valence-corrected chi connectivity index (χ2v) is 7.59. The highest BCUT2D eigenvalue weighted by Gasteiger charge is 2.24. The quantitative estimate of drug-likeness (QED) is 0.625. The molecule has 3 aromatic rings. The van der Waals surface area contributed by atoms with Crippen LogP contribution in [0.15, 0.2) is 36.4 Å². The zero-order chi connectivity index (χ0) is 20.3. The fourth-order valence-corrected chi connectivity index (χ4v) is 3.76. The predicted octanol–water partition coefficient (Wildman–Crippen LogP) is 5.11. The summed E-state index contributed by atoms with van der Waals surface area (Å²) in [6.07, 6.45) is 1.66. The molecule has 1 aromatic heterocycles. The number of anilines is 1. The van der Waals surface area contributed by atoms with E-state index in [2.05, 4.69) is 10.2 Å². The molecule has 146 valence electrons. The number of unbranched alkanes of at least 4 members (excludes halogenated alkanes) is 1. The monoisotopic (exact) mass is 399 g/mol. The van der Waals surface area contributed by atoms with Gasteiger partial charge in [0.2, 0.25) is 5.13 Å². The van der Waals surface area contributed by atoms with Crippen molar-refractivity contribution < 1.29 is 14.3 Å². The standard InChI is InChI=1S/C21H22FN3O2S/c1-4-5-10-25(20(27)16-8-6-7-9-17(16)22)21-24-23-19(28-21)15-11-13(2)18(26)14(3)12-15/h6-9,11-12,26H,4-5,10H2,1-3H3. The molecular weight excluding hydrogens is 377 g/mol. The summed E-state index contributed by atoms with van der Waals surface area (Å²) >= 11 is 1.28. The summed E-state index contributed by atoms with van der Waals surface area (Å²) in [5.41, 5.74) is 2.34. The van der Waals surface area contributed by atoms with Crippen LogP contribution in [-0.2, 0) is 0 Å². The molecule has 1 heterocycles. The van der Waals surface area contributed by atoms with Crippen molar-refractivity contribution in [1.29, 1.82) is 0 Å². The summed E-state index contributed by atoms with van der Waals surface area (Å²) in [7, 11) is 0. The Morgan fingerprint density at radius 3 is 2.50 bits per heavy atom. The number of aryl methyl sites for hydroxylation is 2. The molecule has 0 radical (unpaired) electrons. The Balaban J connectivity index is 1.96. The maximum absolute atomic E-state index is 14.1. The molecular formula is C21H22FN3O2S. The number of phenols is 1. The molecule has 0 saturated carbocycles. The van der Waals surface area contributed by atoms with Crippen molar-refractivity contribution in [3.8, 4) is 16.3 Å². The van der Waals surface area contributed by atoms with Crippen molar-refractivity contribution in [2.75, 3.05) is 11.4 Å². The van der Waals surface area contributed by atoms with Gasteiger partial charge in [-0.25, -0.2) is 4.39 Å². The number of carbonyl (C=O) groups is 1. The van der Waals surface area contributed by atoms with Gasteiger partial charge in [0.1, 0.15) is 16.6 Å². The highest BCUT2D eigenvalue weighted by Crippen LogP contribution is 2.33. The van der Waals surface area contributed by atoms with Crippen LogP contribution in [0.5, 0.6) is 5.75 Å². The summed E-state index contributed by atoms with van der Waals surface area (Å²) in [6.45, 7) is 6.11. The van der Waals surface area contributed by atoms with Crippen molar-refractivity contribution >= 4 is 22.4 Å². The SMILES string of the molecule is CCCCN(C(=O)c1ccccc1F)c1nnc(-c2cc(C)c(O)c(C)c2)s1. The number of hydrogen-bond donors (Lipinski definition) is 1.